The van der Waals surface area contributed by atoms with Crippen molar-refractivity contribution in [2.75, 3.05) is 17.3 Å². The minimum Gasteiger partial charge on any atom is -0.297 e. The highest BCUT2D eigenvalue weighted by Gasteiger charge is 2.12. The third-order valence-corrected chi connectivity index (χ3v) is 2.80. The zero-order valence-electron chi connectivity index (χ0n) is 10.7. The second-order valence-electron chi connectivity index (χ2n) is 4.12. The molecule has 0 saturated heterocycles. The summed E-state index contributed by atoms with van der Waals surface area (Å²) in [4.78, 5) is 13.5. The molecular formula is C13H16N4O. The van der Waals surface area contributed by atoms with E-state index in [0.717, 1.165) is 11.4 Å². The molecule has 2 rings (SSSR count). The Morgan fingerprint density at radius 3 is 2.56 bits per heavy atom. The number of amides is 2. The molecule has 1 aromatic heterocycles. The number of nitrogens with zero attached hydrogens (tertiary/aromatic N) is 3. The highest BCUT2D eigenvalue weighted by molar-refractivity contribution is 6.00. The molecular weight excluding hydrogens is 228 g/mol. The van der Waals surface area contributed by atoms with Crippen LogP contribution >= 0.6 is 0 Å². The van der Waals surface area contributed by atoms with Gasteiger partial charge in [0, 0.05) is 31.5 Å². The number of benzene rings is 1. The molecule has 94 valence electrons. The van der Waals surface area contributed by atoms with E-state index in [4.69, 9.17) is 0 Å². The van der Waals surface area contributed by atoms with E-state index in [1.54, 1.807) is 16.6 Å². The Bertz CT molecular complexity index is 528. The monoisotopic (exact) mass is 244 g/mol. The van der Waals surface area contributed by atoms with E-state index in [9.17, 15) is 4.79 Å². The normalized spacial score (nSPS) is 10.2. The second kappa shape index (κ2) is 4.91. The maximum absolute atomic E-state index is 12.0. The fourth-order valence-electron chi connectivity index (χ4n) is 1.58. The Balaban J connectivity index is 2.08. The van der Waals surface area contributed by atoms with Gasteiger partial charge in [0.05, 0.1) is 0 Å². The van der Waals surface area contributed by atoms with Crippen LogP contribution in [0.15, 0.2) is 36.4 Å². The van der Waals surface area contributed by atoms with Crippen LogP contribution in [0, 0.1) is 6.92 Å². The molecule has 0 fully saturated rings. The summed E-state index contributed by atoms with van der Waals surface area (Å²) < 4.78 is 1.72. The summed E-state index contributed by atoms with van der Waals surface area (Å²) >= 11 is 0. The fourth-order valence-corrected chi connectivity index (χ4v) is 1.58. The summed E-state index contributed by atoms with van der Waals surface area (Å²) in [7, 11) is 3.56. The number of carbonyl (C=O) groups excluding carboxylic acids is 1. The minimum absolute atomic E-state index is 0.209. The molecule has 0 aliphatic carbocycles. The number of para-hydroxylation sites is 1. The summed E-state index contributed by atoms with van der Waals surface area (Å²) in [5.74, 6) is 0.558. The maximum atomic E-state index is 12.0. The lowest BCUT2D eigenvalue weighted by Gasteiger charge is -2.16. The van der Waals surface area contributed by atoms with E-state index >= 15 is 0 Å². The van der Waals surface area contributed by atoms with E-state index in [1.165, 1.54) is 0 Å². The molecule has 0 atom stereocenters. The first-order valence-electron chi connectivity index (χ1n) is 5.68. The average molecular weight is 244 g/mol. The first-order valence-corrected chi connectivity index (χ1v) is 5.68. The molecule has 1 heterocycles. The summed E-state index contributed by atoms with van der Waals surface area (Å²) in [6, 6.07) is 11.1. The number of hydrogen-bond donors (Lipinski definition) is 1. The van der Waals surface area contributed by atoms with Crippen molar-refractivity contribution in [3.05, 3.63) is 42.1 Å². The summed E-state index contributed by atoms with van der Waals surface area (Å²) in [5, 5.41) is 6.94. The van der Waals surface area contributed by atoms with Gasteiger partial charge in [0.1, 0.15) is 0 Å². The number of carbonyl (C=O) groups is 1. The van der Waals surface area contributed by atoms with Crippen LogP contribution in [0.3, 0.4) is 0 Å². The Morgan fingerprint density at radius 2 is 2.00 bits per heavy atom. The van der Waals surface area contributed by atoms with Gasteiger partial charge in [0.25, 0.3) is 0 Å². The van der Waals surface area contributed by atoms with Crippen LogP contribution in [0.1, 0.15) is 5.69 Å². The van der Waals surface area contributed by atoms with Crippen LogP contribution in [0.5, 0.6) is 0 Å². The number of nitrogens with one attached hydrogen (secondary N) is 1. The lowest BCUT2D eigenvalue weighted by molar-refractivity contribution is 0.258. The molecule has 2 amide bonds. The van der Waals surface area contributed by atoms with Gasteiger partial charge in [0.15, 0.2) is 5.82 Å². The quantitative estimate of drug-likeness (QED) is 0.881. The third kappa shape index (κ3) is 2.51. The molecule has 0 spiro atoms. The third-order valence-electron chi connectivity index (χ3n) is 2.80. The van der Waals surface area contributed by atoms with E-state index in [0.29, 0.717) is 5.82 Å². The van der Waals surface area contributed by atoms with Crippen LogP contribution in [-0.2, 0) is 7.05 Å². The first-order chi connectivity index (χ1) is 8.58. The molecule has 5 heteroatoms. The summed E-state index contributed by atoms with van der Waals surface area (Å²) in [5.41, 5.74) is 1.83. The van der Waals surface area contributed by atoms with Crippen LogP contribution in [0.25, 0.3) is 0 Å². The topological polar surface area (TPSA) is 50.2 Å². The fraction of sp³-hybridized carbons (Fsp3) is 0.231. The Hall–Kier alpha value is -2.30. The lowest BCUT2D eigenvalue weighted by Crippen LogP contribution is -2.31. The predicted molar refractivity (Wildman–Crippen MR) is 71.8 cm³/mol. The molecule has 0 radical (unpaired) electrons. The SMILES string of the molecule is Cc1cc(NC(=O)N(C)c2ccccc2)nn1C. The molecule has 0 unspecified atom stereocenters. The number of aryl methyl sites for hydroxylation is 2. The van der Waals surface area contributed by atoms with Gasteiger partial charge in [-0.1, -0.05) is 18.2 Å². The van der Waals surface area contributed by atoms with Gasteiger partial charge in [-0.2, -0.15) is 5.10 Å². The van der Waals surface area contributed by atoms with Gasteiger partial charge in [0.2, 0.25) is 0 Å². The van der Waals surface area contributed by atoms with Crippen molar-refractivity contribution in [3.63, 3.8) is 0 Å². The van der Waals surface area contributed by atoms with Gasteiger partial charge in [-0.3, -0.25) is 14.9 Å². The number of aromatic nitrogens is 2. The summed E-state index contributed by atoms with van der Waals surface area (Å²) in [6.45, 7) is 1.93. The standard InChI is InChI=1S/C13H16N4O/c1-10-9-12(15-17(10)3)14-13(18)16(2)11-7-5-4-6-8-11/h4-9H,1-3H3,(H,14,15,18). The van der Waals surface area contributed by atoms with E-state index in [1.807, 2.05) is 50.4 Å². The van der Waals surface area contributed by atoms with Crippen LogP contribution < -0.4 is 10.2 Å². The molecule has 0 saturated carbocycles. The molecule has 18 heavy (non-hydrogen) atoms. The Morgan fingerprint density at radius 1 is 1.33 bits per heavy atom. The van der Waals surface area contributed by atoms with Crippen LogP contribution in [0.2, 0.25) is 0 Å². The van der Waals surface area contributed by atoms with Crippen molar-refractivity contribution in [1.82, 2.24) is 9.78 Å². The lowest BCUT2D eigenvalue weighted by atomic mass is 10.3. The van der Waals surface area contributed by atoms with Crippen molar-refractivity contribution in [3.8, 4) is 0 Å². The predicted octanol–water partition coefficient (Wildman–Crippen LogP) is 2.40. The molecule has 2 aromatic rings. The van der Waals surface area contributed by atoms with Crippen molar-refractivity contribution < 1.29 is 4.79 Å². The zero-order valence-corrected chi connectivity index (χ0v) is 10.7. The average Bonchev–Trinajstić information content (AvgIpc) is 2.68. The highest BCUT2D eigenvalue weighted by Crippen LogP contribution is 2.13. The molecule has 1 aromatic carbocycles. The number of hydrogen-bond acceptors (Lipinski definition) is 2. The minimum atomic E-state index is -0.209. The molecule has 0 aliphatic rings. The molecule has 5 nitrogen and oxygen atoms in total. The van der Waals surface area contributed by atoms with Crippen molar-refractivity contribution >= 4 is 17.5 Å². The molecule has 0 bridgehead atoms. The number of urea groups is 1. The van der Waals surface area contributed by atoms with Crippen molar-refractivity contribution in [2.24, 2.45) is 7.05 Å². The Kier molecular flexibility index (Phi) is 3.32. The first kappa shape index (κ1) is 12.2. The van der Waals surface area contributed by atoms with E-state index < -0.39 is 0 Å². The van der Waals surface area contributed by atoms with Crippen LogP contribution in [-0.4, -0.2) is 22.9 Å². The second-order valence-corrected chi connectivity index (χ2v) is 4.12. The number of anilines is 2. The van der Waals surface area contributed by atoms with Gasteiger partial charge in [-0.25, -0.2) is 4.79 Å². The zero-order chi connectivity index (χ0) is 13.1. The van der Waals surface area contributed by atoms with Crippen LogP contribution in [0.4, 0.5) is 16.3 Å². The van der Waals surface area contributed by atoms with E-state index in [-0.39, 0.29) is 6.03 Å². The van der Waals surface area contributed by atoms with Gasteiger partial charge >= 0.3 is 6.03 Å². The van der Waals surface area contributed by atoms with Crippen molar-refractivity contribution in [1.29, 1.82) is 0 Å². The van der Waals surface area contributed by atoms with Gasteiger partial charge < -0.3 is 0 Å². The molecule has 1 N–H and O–H groups in total. The maximum Gasteiger partial charge on any atom is 0.327 e. The van der Waals surface area contributed by atoms with Crippen molar-refractivity contribution in [2.45, 2.75) is 6.92 Å². The summed E-state index contributed by atoms with van der Waals surface area (Å²) in [6.07, 6.45) is 0. The highest BCUT2D eigenvalue weighted by atomic mass is 16.2. The van der Waals surface area contributed by atoms with Gasteiger partial charge in [-0.15, -0.1) is 0 Å². The smallest absolute Gasteiger partial charge is 0.297 e. The van der Waals surface area contributed by atoms with E-state index in [2.05, 4.69) is 10.4 Å². The largest absolute Gasteiger partial charge is 0.327 e. The molecule has 0 aliphatic heterocycles. The van der Waals surface area contributed by atoms with Gasteiger partial charge in [-0.05, 0) is 19.1 Å². The number of rotatable bonds is 2. The Labute approximate surface area is 106 Å².